The molecule has 2 rings (SSSR count). The number of hydrogen-bond donors (Lipinski definition) is 6. The Morgan fingerprint density at radius 3 is 2.10 bits per heavy atom. The molecule has 0 aliphatic carbocycles. The first-order valence-electron chi connectivity index (χ1n) is 10.0. The van der Waals surface area contributed by atoms with Gasteiger partial charge < -0.3 is 30.5 Å². The predicted octanol–water partition coefficient (Wildman–Crippen LogP) is 3.53. The van der Waals surface area contributed by atoms with Crippen molar-refractivity contribution in [3.8, 4) is 11.5 Å². The summed E-state index contributed by atoms with van der Waals surface area (Å²) in [6.07, 6.45) is -5.18. The Kier molecular flexibility index (Phi) is 17.4. The van der Waals surface area contributed by atoms with Crippen LogP contribution < -0.4 is 15.8 Å². The number of nitro benzene ring substituents is 1. The second-order valence-corrected chi connectivity index (χ2v) is 9.43. The Bertz CT molecular complexity index is 1180. The van der Waals surface area contributed by atoms with Crippen LogP contribution in [0.15, 0.2) is 36.4 Å². The predicted molar refractivity (Wildman–Crippen MR) is 134 cm³/mol. The molecule has 7 N–H and O–H groups in total. The molecule has 0 aromatic heterocycles. The molecule has 19 heteroatoms. The number of benzene rings is 2. The van der Waals surface area contributed by atoms with Gasteiger partial charge in [0.15, 0.2) is 0 Å². The summed E-state index contributed by atoms with van der Waals surface area (Å²) >= 11 is 5.72. The van der Waals surface area contributed by atoms with Crippen LogP contribution in [0.25, 0.3) is 0 Å². The molecule has 0 aliphatic heterocycles. The fourth-order valence-electron chi connectivity index (χ4n) is 2.10. The largest absolute Gasteiger partial charge is 0.480 e. The van der Waals surface area contributed by atoms with Gasteiger partial charge in [0.05, 0.1) is 28.3 Å². The number of ether oxygens (including phenoxy) is 1. The third-order valence-electron chi connectivity index (χ3n) is 3.48. The van der Waals surface area contributed by atoms with Crippen LogP contribution in [0.1, 0.15) is 29.8 Å². The van der Waals surface area contributed by atoms with E-state index in [0.717, 1.165) is 30.3 Å². The summed E-state index contributed by atoms with van der Waals surface area (Å²) in [4.78, 5) is 47.1. The molecule has 0 bridgehead atoms. The van der Waals surface area contributed by atoms with Gasteiger partial charge in [0.25, 0.3) is 5.69 Å². The molecule has 213 valence electrons. The summed E-state index contributed by atoms with van der Waals surface area (Å²) < 4.78 is 52.9. The van der Waals surface area contributed by atoms with Gasteiger partial charge in [-0.2, -0.15) is 13.2 Å². The molecule has 0 aliphatic rings. The fourth-order valence-corrected chi connectivity index (χ4v) is 2.73. The van der Waals surface area contributed by atoms with Crippen LogP contribution in [0.3, 0.4) is 0 Å². The molecule has 0 amide bonds. The first kappa shape index (κ1) is 38.9. The van der Waals surface area contributed by atoms with Crippen molar-refractivity contribution in [3.63, 3.8) is 0 Å². The molecule has 0 saturated heterocycles. The molecule has 2 aromatic rings. The van der Waals surface area contributed by atoms with E-state index in [0.29, 0.717) is 12.1 Å². The van der Waals surface area contributed by atoms with Crippen LogP contribution >= 0.6 is 19.2 Å². The topological polar surface area (TPSA) is 223 Å². The summed E-state index contributed by atoms with van der Waals surface area (Å²) in [5, 5.41) is 29.4. The summed E-state index contributed by atoms with van der Waals surface area (Å²) in [5.41, 5.74) is 2.86. The maximum absolute atomic E-state index is 12.6. The number of carboxylic acids is 2. The maximum Gasteiger partial charge on any atom is 0.416 e. The van der Waals surface area contributed by atoms with E-state index in [1.165, 1.54) is 0 Å². The van der Waals surface area contributed by atoms with Gasteiger partial charge in [-0.25, -0.2) is 4.79 Å². The van der Waals surface area contributed by atoms with E-state index in [4.69, 9.17) is 42.1 Å². The van der Waals surface area contributed by atoms with E-state index in [1.807, 2.05) is 13.8 Å². The summed E-state index contributed by atoms with van der Waals surface area (Å²) in [6, 6.07) is 5.60. The van der Waals surface area contributed by atoms with E-state index in [2.05, 4.69) is 5.32 Å². The molecule has 2 aromatic carbocycles. The van der Waals surface area contributed by atoms with Gasteiger partial charge in [-0.05, 0) is 30.3 Å². The summed E-state index contributed by atoms with van der Waals surface area (Å²) in [7, 11) is -4.10. The molecule has 0 unspecified atom stereocenters. The number of aliphatic carboxylic acids is 1. The zero-order valence-electron chi connectivity index (χ0n) is 20.7. The first-order valence-corrected chi connectivity index (χ1v) is 12.2. The van der Waals surface area contributed by atoms with Crippen LogP contribution in [0.2, 0.25) is 5.02 Å². The minimum absolute atomic E-state index is 0. The van der Waals surface area contributed by atoms with Gasteiger partial charge in [-0.1, -0.05) is 25.4 Å². The van der Waals surface area contributed by atoms with Crippen molar-refractivity contribution in [3.05, 3.63) is 62.7 Å². The average molecular weight is 613 g/mol. The third-order valence-corrected chi connectivity index (χ3v) is 4.41. The van der Waals surface area contributed by atoms with Crippen LogP contribution in [-0.2, 0) is 15.5 Å². The average Bonchev–Trinajstić information content (AvgIpc) is 2.73. The van der Waals surface area contributed by atoms with E-state index in [9.17, 15) is 37.4 Å². The van der Waals surface area contributed by atoms with Gasteiger partial charge in [0, 0.05) is 41.7 Å². The van der Waals surface area contributed by atoms with Gasteiger partial charge in [0.1, 0.15) is 17.1 Å². The quantitative estimate of drug-likeness (QED) is 0.109. The Balaban J connectivity index is 0. The monoisotopic (exact) mass is 612 g/mol. The standard InChI is InChI=1S/C14H7ClF3NO5.C3H8NO5P.C3H9N.Na/c15-10-5-7(14(16,17)18)1-4-12(10)24-8-2-3-11(19(22)23)9(6-8)13(20)21;5-3(6)1-4-2-10(7,8)9;1-3(2)4;/h1-6H,(H,20,21);4H,1-2H2,(H,5,6)(H2,7,8,9);3H,4H2,1-2H3;. The van der Waals surface area contributed by atoms with Crippen molar-refractivity contribution in [2.45, 2.75) is 26.1 Å². The molecular formula is C20H24ClF3N3NaO10P. The van der Waals surface area contributed by atoms with Crippen molar-refractivity contribution in [1.29, 1.82) is 0 Å². The minimum Gasteiger partial charge on any atom is -0.480 e. The number of alkyl halides is 3. The van der Waals surface area contributed by atoms with E-state index in [-0.39, 0.29) is 46.1 Å². The molecular weight excluding hydrogens is 589 g/mol. The van der Waals surface area contributed by atoms with Crippen molar-refractivity contribution < 1.29 is 57.0 Å². The second kappa shape index (κ2) is 17.4. The molecule has 13 nitrogen and oxygen atoms in total. The Hall–Kier alpha value is -2.27. The van der Waals surface area contributed by atoms with Gasteiger partial charge in [-0.15, -0.1) is 0 Å². The van der Waals surface area contributed by atoms with E-state index in [1.54, 1.807) is 0 Å². The SMILES string of the molecule is CC(C)N.O=C(O)CNCP(=O)(O)O.O=C(O)c1cc(Oc2ccc(C(F)(F)F)cc2Cl)ccc1[N+](=O)[O-].[Na]. The van der Waals surface area contributed by atoms with E-state index < -0.39 is 60.3 Å². The third kappa shape index (κ3) is 17.1. The van der Waals surface area contributed by atoms with Crippen molar-refractivity contribution in [1.82, 2.24) is 5.32 Å². The second-order valence-electron chi connectivity index (χ2n) is 7.37. The number of rotatable bonds is 8. The van der Waals surface area contributed by atoms with Crippen LogP contribution in [0.5, 0.6) is 11.5 Å². The molecule has 0 saturated carbocycles. The van der Waals surface area contributed by atoms with Crippen LogP contribution in [-0.4, -0.2) is 85.3 Å². The molecule has 0 heterocycles. The number of halogens is 4. The Labute approximate surface area is 246 Å². The molecule has 0 atom stereocenters. The zero-order valence-corrected chi connectivity index (χ0v) is 24.3. The Morgan fingerprint density at radius 1 is 1.18 bits per heavy atom. The molecule has 0 fully saturated rings. The number of hydrogen-bond acceptors (Lipinski definition) is 8. The first-order chi connectivity index (χ1) is 17.2. The fraction of sp³-hybridized carbons (Fsp3) is 0.300. The van der Waals surface area contributed by atoms with Crippen LogP contribution in [0, 0.1) is 10.1 Å². The smallest absolute Gasteiger partial charge is 0.416 e. The summed E-state index contributed by atoms with van der Waals surface area (Å²) in [6.45, 7) is 3.45. The van der Waals surface area contributed by atoms with E-state index >= 15 is 0 Å². The normalized spacial score (nSPS) is 10.7. The zero-order chi connectivity index (χ0) is 29.8. The van der Waals surface area contributed by atoms with Crippen LogP contribution in [0.4, 0.5) is 18.9 Å². The van der Waals surface area contributed by atoms with Crippen molar-refractivity contribution in [2.75, 3.05) is 12.8 Å². The molecule has 0 spiro atoms. The molecule has 1 radical (unpaired) electrons. The van der Waals surface area contributed by atoms with Gasteiger partial charge in [-0.3, -0.25) is 24.8 Å². The Morgan fingerprint density at radius 2 is 1.72 bits per heavy atom. The van der Waals surface area contributed by atoms with Gasteiger partial charge >= 0.3 is 25.7 Å². The van der Waals surface area contributed by atoms with Crippen molar-refractivity contribution >= 4 is 66.4 Å². The number of nitro groups is 1. The van der Waals surface area contributed by atoms with Gasteiger partial charge in [0.2, 0.25) is 0 Å². The number of nitrogens with zero attached hydrogens (tertiary/aromatic N) is 1. The number of nitrogens with two attached hydrogens (primary N) is 1. The number of nitrogens with one attached hydrogen (secondary N) is 1. The number of carbonyl (C=O) groups is 2. The number of carboxylic acid groups (broad SMARTS) is 2. The number of aromatic carboxylic acids is 1. The minimum atomic E-state index is -4.58. The van der Waals surface area contributed by atoms with Crippen molar-refractivity contribution in [2.24, 2.45) is 5.73 Å². The maximum atomic E-state index is 12.6. The summed E-state index contributed by atoms with van der Waals surface area (Å²) in [5.74, 6) is -2.98. The molecule has 39 heavy (non-hydrogen) atoms.